The van der Waals surface area contributed by atoms with Crippen LogP contribution in [0.2, 0.25) is 0 Å². The summed E-state index contributed by atoms with van der Waals surface area (Å²) in [6.45, 7) is 12.2. The summed E-state index contributed by atoms with van der Waals surface area (Å²) in [6.07, 6.45) is 7.19. The van der Waals surface area contributed by atoms with Gasteiger partial charge in [0.15, 0.2) is 0 Å². The summed E-state index contributed by atoms with van der Waals surface area (Å²) in [5.41, 5.74) is 2.57. The molecule has 0 spiro atoms. The van der Waals surface area contributed by atoms with Crippen molar-refractivity contribution in [2.75, 3.05) is 13.6 Å². The molecule has 0 aliphatic heterocycles. The Hall–Kier alpha value is -1.15. The summed E-state index contributed by atoms with van der Waals surface area (Å²) in [7, 11) is 2.22. The topological polar surface area (TPSA) is 3.24 Å². The monoisotopic (exact) mass is 319 g/mol. The van der Waals surface area contributed by atoms with E-state index >= 15 is 0 Å². The van der Waals surface area contributed by atoms with Crippen LogP contribution in [-0.4, -0.2) is 24.5 Å². The van der Waals surface area contributed by atoms with Crippen molar-refractivity contribution in [3.05, 3.63) is 47.3 Å². The Morgan fingerprint density at radius 3 is 2.30 bits per heavy atom. The van der Waals surface area contributed by atoms with Gasteiger partial charge >= 0.3 is 0 Å². The van der Waals surface area contributed by atoms with Crippen molar-refractivity contribution in [3.8, 4) is 0 Å². The number of nitrogens with zero attached hydrogens (tertiary/aromatic N) is 1. The first-order valence-electron chi connectivity index (χ1n) is 8.87. The molecule has 1 nitrogen and oxygen atoms in total. The van der Waals surface area contributed by atoms with E-state index in [9.17, 15) is 4.39 Å². The van der Waals surface area contributed by atoms with Gasteiger partial charge in [-0.2, -0.15) is 0 Å². The van der Waals surface area contributed by atoms with E-state index < -0.39 is 0 Å². The van der Waals surface area contributed by atoms with Gasteiger partial charge in [0.05, 0.1) is 0 Å². The van der Waals surface area contributed by atoms with E-state index in [2.05, 4.69) is 52.6 Å². The molecule has 0 N–H and O–H groups in total. The van der Waals surface area contributed by atoms with Crippen molar-refractivity contribution in [3.63, 3.8) is 0 Å². The average molecular weight is 320 g/mol. The summed E-state index contributed by atoms with van der Waals surface area (Å²) in [4.78, 5) is 2.47. The van der Waals surface area contributed by atoms with Crippen LogP contribution in [0.4, 0.5) is 4.39 Å². The van der Waals surface area contributed by atoms with E-state index in [1.165, 1.54) is 30.4 Å². The molecule has 0 saturated carbocycles. The van der Waals surface area contributed by atoms with Crippen molar-refractivity contribution in [1.82, 2.24) is 4.90 Å². The molecule has 1 aromatic carbocycles. The number of benzene rings is 1. The molecule has 0 aliphatic carbocycles. The number of hydrogen-bond acceptors (Lipinski definition) is 1. The summed E-state index contributed by atoms with van der Waals surface area (Å²) in [6, 6.07) is 7.39. The summed E-state index contributed by atoms with van der Waals surface area (Å²) in [5, 5.41) is 0. The minimum absolute atomic E-state index is 0.0172. The van der Waals surface area contributed by atoms with E-state index in [-0.39, 0.29) is 11.2 Å². The summed E-state index contributed by atoms with van der Waals surface area (Å²) < 4.78 is 13.2. The van der Waals surface area contributed by atoms with Gasteiger partial charge in [-0.1, -0.05) is 57.4 Å². The molecular formula is C21H34FN. The molecule has 0 heterocycles. The lowest BCUT2D eigenvalue weighted by Gasteiger charge is -2.34. The Bertz CT molecular complexity index is 483. The van der Waals surface area contributed by atoms with Crippen molar-refractivity contribution in [1.29, 1.82) is 0 Å². The van der Waals surface area contributed by atoms with E-state index in [4.69, 9.17) is 0 Å². The molecule has 0 aliphatic rings. The maximum absolute atomic E-state index is 13.2. The first-order valence-corrected chi connectivity index (χ1v) is 8.87. The molecule has 0 aromatic heterocycles. The van der Waals surface area contributed by atoms with Gasteiger partial charge in [-0.05, 0) is 63.4 Å². The number of hydrogen-bond donors (Lipinski definition) is 0. The maximum atomic E-state index is 13.2. The van der Waals surface area contributed by atoms with Gasteiger partial charge in [-0.3, -0.25) is 4.90 Å². The zero-order chi connectivity index (χ0) is 17.5. The van der Waals surface area contributed by atoms with E-state index in [1.807, 2.05) is 12.1 Å². The van der Waals surface area contributed by atoms with Crippen LogP contribution >= 0.6 is 0 Å². The van der Waals surface area contributed by atoms with Crippen LogP contribution < -0.4 is 0 Å². The van der Waals surface area contributed by atoms with E-state index in [1.54, 1.807) is 12.1 Å². The Morgan fingerprint density at radius 1 is 1.17 bits per heavy atom. The molecule has 23 heavy (non-hydrogen) atoms. The lowest BCUT2D eigenvalue weighted by atomic mass is 9.78. The fourth-order valence-electron chi connectivity index (χ4n) is 3.05. The highest BCUT2D eigenvalue weighted by Crippen LogP contribution is 2.30. The van der Waals surface area contributed by atoms with Crippen molar-refractivity contribution < 1.29 is 4.39 Å². The highest BCUT2D eigenvalue weighted by atomic mass is 19.1. The Balaban J connectivity index is 2.86. The number of rotatable bonds is 9. The fraction of sp³-hybridized carbons (Fsp3) is 0.619. The number of halogens is 1. The minimum atomic E-state index is -0.165. The van der Waals surface area contributed by atoms with Gasteiger partial charge in [0.1, 0.15) is 5.82 Å². The largest absolute Gasteiger partial charge is 0.300 e. The van der Waals surface area contributed by atoms with Crippen LogP contribution in [0.3, 0.4) is 0 Å². The summed E-state index contributed by atoms with van der Waals surface area (Å²) >= 11 is 0. The Labute approximate surface area is 142 Å². The molecule has 2 heteroatoms. The molecule has 1 atom stereocenters. The van der Waals surface area contributed by atoms with Gasteiger partial charge in [-0.15, -0.1) is 0 Å². The molecule has 0 saturated heterocycles. The van der Waals surface area contributed by atoms with E-state index in [0.29, 0.717) is 6.04 Å². The smallest absolute Gasteiger partial charge is 0.123 e. The van der Waals surface area contributed by atoms with Crippen LogP contribution in [0, 0.1) is 5.82 Å². The molecule has 1 aromatic rings. The first kappa shape index (κ1) is 19.9. The highest BCUT2D eigenvalue weighted by molar-refractivity contribution is 5.25. The third-order valence-corrected chi connectivity index (χ3v) is 4.55. The standard InChI is InChI=1S/C21H34FN/c1-7-8-9-14-23(6)20(15-17(2)3)16-21(4,5)18-10-12-19(22)13-11-18/h10-13,15,20H,7-9,14,16H2,1-6H3. The molecule has 0 radical (unpaired) electrons. The Morgan fingerprint density at radius 2 is 1.78 bits per heavy atom. The quantitative estimate of drug-likeness (QED) is 0.401. The lowest BCUT2D eigenvalue weighted by molar-refractivity contribution is 0.233. The average Bonchev–Trinajstić information content (AvgIpc) is 2.46. The van der Waals surface area contributed by atoms with Gasteiger partial charge in [-0.25, -0.2) is 4.39 Å². The zero-order valence-corrected chi connectivity index (χ0v) is 15.8. The molecule has 130 valence electrons. The first-order chi connectivity index (χ1) is 10.8. The van der Waals surface area contributed by atoms with Gasteiger partial charge in [0, 0.05) is 6.04 Å². The zero-order valence-electron chi connectivity index (χ0n) is 15.8. The van der Waals surface area contributed by atoms with E-state index in [0.717, 1.165) is 13.0 Å². The number of unbranched alkanes of at least 4 members (excludes halogenated alkanes) is 2. The maximum Gasteiger partial charge on any atom is 0.123 e. The van der Waals surface area contributed by atoms with Crippen molar-refractivity contribution in [2.24, 2.45) is 0 Å². The molecule has 0 fully saturated rings. The lowest BCUT2D eigenvalue weighted by Crippen LogP contribution is -2.36. The fourth-order valence-corrected chi connectivity index (χ4v) is 3.05. The molecule has 0 amide bonds. The normalized spacial score (nSPS) is 13.2. The second kappa shape index (κ2) is 9.22. The van der Waals surface area contributed by atoms with Crippen LogP contribution in [0.5, 0.6) is 0 Å². The second-order valence-electron chi connectivity index (χ2n) is 7.59. The van der Waals surface area contributed by atoms with Gasteiger partial charge < -0.3 is 0 Å². The summed E-state index contributed by atoms with van der Waals surface area (Å²) in [5.74, 6) is -0.165. The highest BCUT2D eigenvalue weighted by Gasteiger charge is 2.26. The Kier molecular flexibility index (Phi) is 7.98. The molecule has 1 rings (SSSR count). The number of likely N-dealkylation sites (N-methyl/N-ethyl adjacent to an activating group) is 1. The van der Waals surface area contributed by atoms with Crippen LogP contribution in [0.15, 0.2) is 35.9 Å². The van der Waals surface area contributed by atoms with Crippen LogP contribution in [-0.2, 0) is 5.41 Å². The molecule has 1 unspecified atom stereocenters. The van der Waals surface area contributed by atoms with Crippen LogP contribution in [0.1, 0.15) is 65.9 Å². The molecular weight excluding hydrogens is 285 g/mol. The third-order valence-electron chi connectivity index (χ3n) is 4.55. The van der Waals surface area contributed by atoms with Crippen molar-refractivity contribution >= 4 is 0 Å². The van der Waals surface area contributed by atoms with Crippen LogP contribution in [0.25, 0.3) is 0 Å². The SMILES string of the molecule is CCCCCN(C)C(C=C(C)C)CC(C)(C)c1ccc(F)cc1. The third kappa shape index (κ3) is 6.87. The second-order valence-corrected chi connectivity index (χ2v) is 7.59. The van der Waals surface area contributed by atoms with Gasteiger partial charge in [0.25, 0.3) is 0 Å². The predicted molar refractivity (Wildman–Crippen MR) is 99.4 cm³/mol. The number of allylic oxidation sites excluding steroid dienone is 1. The minimum Gasteiger partial charge on any atom is -0.300 e. The predicted octanol–water partition coefficient (Wildman–Crippen LogP) is 5.95. The van der Waals surface area contributed by atoms with Gasteiger partial charge in [0.2, 0.25) is 0 Å². The molecule has 0 bridgehead atoms. The van der Waals surface area contributed by atoms with Crippen molar-refractivity contribution in [2.45, 2.75) is 71.8 Å².